The monoisotopic (exact) mass is 277 g/mol. The van der Waals surface area contributed by atoms with E-state index in [0.29, 0.717) is 0 Å². The molecule has 0 spiro atoms. The molecule has 18 heavy (non-hydrogen) atoms. The number of carbonyl (C=O) groups is 1. The van der Waals surface area contributed by atoms with Crippen LogP contribution < -0.4 is 5.32 Å². The van der Waals surface area contributed by atoms with Gasteiger partial charge in [-0.3, -0.25) is 4.79 Å². The van der Waals surface area contributed by atoms with Crippen molar-refractivity contribution >= 4 is 34.5 Å². The maximum absolute atomic E-state index is 12.0. The van der Waals surface area contributed by atoms with Crippen molar-refractivity contribution in [2.75, 3.05) is 5.32 Å². The first-order valence-corrected chi connectivity index (χ1v) is 7.15. The summed E-state index contributed by atoms with van der Waals surface area (Å²) < 4.78 is 0. The number of halogens is 1. The van der Waals surface area contributed by atoms with E-state index < -0.39 is 0 Å². The van der Waals surface area contributed by atoms with E-state index in [4.69, 9.17) is 11.6 Å². The number of carbonyl (C=O) groups excluding carboxylic acids is 1. The first-order valence-electron chi connectivity index (χ1n) is 5.83. The van der Waals surface area contributed by atoms with E-state index >= 15 is 0 Å². The van der Waals surface area contributed by atoms with E-state index in [1.807, 2.05) is 41.1 Å². The summed E-state index contributed by atoms with van der Waals surface area (Å²) in [7, 11) is 0. The van der Waals surface area contributed by atoms with Crippen molar-refractivity contribution in [2.24, 2.45) is 5.92 Å². The second-order valence-electron chi connectivity index (χ2n) is 4.47. The molecule has 0 bridgehead atoms. The molecule has 1 aliphatic rings. The van der Waals surface area contributed by atoms with E-state index in [0.717, 1.165) is 22.7 Å². The maximum Gasteiger partial charge on any atom is 0.228 e. The van der Waals surface area contributed by atoms with E-state index in [1.165, 1.54) is 0 Å². The molecular weight excluding hydrogens is 266 g/mol. The number of nitrogens with one attached hydrogen (secondary N) is 1. The zero-order valence-corrected chi connectivity index (χ0v) is 11.2. The Labute approximate surface area is 115 Å². The van der Waals surface area contributed by atoms with Crippen LogP contribution >= 0.6 is 22.9 Å². The number of thiophene rings is 1. The number of anilines is 1. The van der Waals surface area contributed by atoms with Crippen LogP contribution in [0.4, 0.5) is 5.69 Å². The molecule has 4 heteroatoms. The van der Waals surface area contributed by atoms with Crippen molar-refractivity contribution in [1.29, 1.82) is 0 Å². The Kier molecular flexibility index (Phi) is 3.10. The van der Waals surface area contributed by atoms with Gasteiger partial charge in [0.1, 0.15) is 0 Å². The molecule has 0 aliphatic heterocycles. The van der Waals surface area contributed by atoms with Crippen LogP contribution in [0.15, 0.2) is 41.1 Å². The molecule has 0 radical (unpaired) electrons. The van der Waals surface area contributed by atoms with Gasteiger partial charge in [-0.1, -0.05) is 29.8 Å². The number of rotatable bonds is 3. The third kappa shape index (κ3) is 2.28. The molecular formula is C14H12ClNOS. The van der Waals surface area contributed by atoms with Crippen LogP contribution in [0.3, 0.4) is 0 Å². The molecule has 2 atom stereocenters. The summed E-state index contributed by atoms with van der Waals surface area (Å²) in [6.45, 7) is 0. The zero-order valence-electron chi connectivity index (χ0n) is 9.60. The lowest BCUT2D eigenvalue weighted by molar-refractivity contribution is -0.117. The molecule has 1 aromatic heterocycles. The van der Waals surface area contributed by atoms with Crippen LogP contribution in [0.5, 0.6) is 0 Å². The highest BCUT2D eigenvalue weighted by Crippen LogP contribution is 2.49. The lowest BCUT2D eigenvalue weighted by atomic mass is 10.1. The van der Waals surface area contributed by atoms with Gasteiger partial charge in [-0.2, -0.15) is 11.3 Å². The van der Waals surface area contributed by atoms with Crippen molar-refractivity contribution in [3.05, 3.63) is 51.7 Å². The number of benzene rings is 1. The zero-order chi connectivity index (χ0) is 12.5. The Hall–Kier alpha value is -1.32. The normalized spacial score (nSPS) is 21.6. The van der Waals surface area contributed by atoms with Crippen LogP contribution in [0, 0.1) is 5.92 Å². The van der Waals surface area contributed by atoms with Crippen molar-refractivity contribution in [2.45, 2.75) is 12.3 Å². The summed E-state index contributed by atoms with van der Waals surface area (Å²) in [6.07, 6.45) is 0.889. The molecule has 1 N–H and O–H groups in total. The molecule has 92 valence electrons. The average Bonchev–Trinajstić information content (AvgIpc) is 3.00. The maximum atomic E-state index is 12.0. The fraction of sp³-hybridized carbons (Fsp3) is 0.214. The van der Waals surface area contributed by atoms with Gasteiger partial charge in [0.15, 0.2) is 0 Å². The Bertz CT molecular complexity index is 567. The first kappa shape index (κ1) is 11.8. The van der Waals surface area contributed by atoms with Gasteiger partial charge in [0.05, 0.1) is 5.69 Å². The minimum atomic E-state index is 0.0600. The number of hydrogen-bond acceptors (Lipinski definition) is 2. The Morgan fingerprint density at radius 3 is 2.89 bits per heavy atom. The van der Waals surface area contributed by atoms with Crippen molar-refractivity contribution in [1.82, 2.24) is 0 Å². The molecule has 2 nitrogen and oxygen atoms in total. The second-order valence-corrected chi connectivity index (χ2v) is 5.66. The highest BCUT2D eigenvalue weighted by atomic mass is 35.5. The van der Waals surface area contributed by atoms with Gasteiger partial charge >= 0.3 is 0 Å². The van der Waals surface area contributed by atoms with Crippen LogP contribution in [0.2, 0.25) is 5.02 Å². The Morgan fingerprint density at radius 2 is 2.17 bits per heavy atom. The molecule has 0 saturated heterocycles. The highest BCUT2D eigenvalue weighted by molar-refractivity contribution is 7.08. The molecule has 1 saturated carbocycles. The van der Waals surface area contributed by atoms with Gasteiger partial charge in [-0.15, -0.1) is 0 Å². The topological polar surface area (TPSA) is 29.1 Å². The molecule has 2 unspecified atom stereocenters. The molecule has 1 aliphatic carbocycles. The molecule has 3 rings (SSSR count). The van der Waals surface area contributed by atoms with Gasteiger partial charge in [0.25, 0.3) is 0 Å². The summed E-state index contributed by atoms with van der Waals surface area (Å²) in [5, 5.41) is 7.58. The molecule has 1 fully saturated rings. The van der Waals surface area contributed by atoms with Gasteiger partial charge in [-0.05, 0) is 35.4 Å². The van der Waals surface area contributed by atoms with Gasteiger partial charge in [-0.25, -0.2) is 0 Å². The summed E-state index contributed by atoms with van der Waals surface area (Å²) in [4.78, 5) is 12.0. The first-order chi connectivity index (χ1) is 8.75. The quantitative estimate of drug-likeness (QED) is 0.897. The average molecular weight is 278 g/mol. The minimum absolute atomic E-state index is 0.0600. The van der Waals surface area contributed by atoms with E-state index in [1.54, 1.807) is 11.3 Å². The Morgan fingerprint density at radius 1 is 1.33 bits per heavy atom. The third-order valence-electron chi connectivity index (χ3n) is 3.22. The molecule has 1 amide bonds. The van der Waals surface area contributed by atoms with E-state index in [2.05, 4.69) is 5.32 Å². The fourth-order valence-electron chi connectivity index (χ4n) is 2.17. The molecule has 2 aromatic rings. The minimum Gasteiger partial charge on any atom is -0.325 e. The predicted octanol–water partition coefficient (Wildman–Crippen LogP) is 4.14. The summed E-state index contributed by atoms with van der Waals surface area (Å²) in [5.41, 5.74) is 1.97. The van der Waals surface area contributed by atoms with Crippen LogP contribution in [-0.2, 0) is 4.79 Å². The second kappa shape index (κ2) is 4.75. The summed E-state index contributed by atoms with van der Waals surface area (Å²) in [6, 6.07) is 9.67. The van der Waals surface area contributed by atoms with E-state index in [-0.39, 0.29) is 17.7 Å². The molecule has 1 heterocycles. The van der Waals surface area contributed by atoms with Crippen molar-refractivity contribution in [3.8, 4) is 0 Å². The summed E-state index contributed by atoms with van der Waals surface area (Å²) in [5.74, 6) is 0.431. The van der Waals surface area contributed by atoms with Crippen LogP contribution in [0.1, 0.15) is 17.9 Å². The van der Waals surface area contributed by atoms with Crippen LogP contribution in [0.25, 0.3) is 0 Å². The molecule has 1 aromatic carbocycles. The van der Waals surface area contributed by atoms with Crippen molar-refractivity contribution in [3.63, 3.8) is 0 Å². The smallest absolute Gasteiger partial charge is 0.228 e. The van der Waals surface area contributed by atoms with Crippen molar-refractivity contribution < 1.29 is 4.79 Å². The number of amides is 1. The number of hydrogen-bond donors (Lipinski definition) is 1. The SMILES string of the molecule is O=C(Nc1ccsc1)C1CC1c1ccccc1Cl. The van der Waals surface area contributed by atoms with Gasteiger partial charge in [0, 0.05) is 16.3 Å². The lowest BCUT2D eigenvalue weighted by Gasteiger charge is -2.04. The van der Waals surface area contributed by atoms with E-state index in [9.17, 15) is 4.79 Å². The van der Waals surface area contributed by atoms with Gasteiger partial charge in [0.2, 0.25) is 5.91 Å². The predicted molar refractivity (Wildman–Crippen MR) is 75.2 cm³/mol. The van der Waals surface area contributed by atoms with Gasteiger partial charge < -0.3 is 5.32 Å². The summed E-state index contributed by atoms with van der Waals surface area (Å²) >= 11 is 7.72. The van der Waals surface area contributed by atoms with Crippen LogP contribution in [-0.4, -0.2) is 5.91 Å². The lowest BCUT2D eigenvalue weighted by Crippen LogP contribution is -2.13. The third-order valence-corrected chi connectivity index (χ3v) is 4.25. The highest BCUT2D eigenvalue weighted by Gasteiger charge is 2.44. The Balaban J connectivity index is 1.67. The largest absolute Gasteiger partial charge is 0.325 e. The fourth-order valence-corrected chi connectivity index (χ4v) is 3.04. The standard InChI is InChI=1S/C14H12ClNOS/c15-13-4-2-1-3-10(13)11-7-12(11)14(17)16-9-5-6-18-8-9/h1-6,8,11-12H,7H2,(H,16,17).